The topological polar surface area (TPSA) is 76.3 Å². The van der Waals surface area contributed by atoms with E-state index in [1.807, 2.05) is 30.3 Å². The molecule has 0 unspecified atom stereocenters. The second kappa shape index (κ2) is 5.24. The molecule has 19 heavy (non-hydrogen) atoms. The third-order valence-electron chi connectivity index (χ3n) is 2.42. The average Bonchev–Trinajstić information content (AvgIpc) is 2.97. The molecule has 0 N–H and O–H groups in total. The molecule has 1 aromatic carbocycles. The molecule has 2 aromatic rings. The largest absolute Gasteiger partial charge is 0.284 e. The van der Waals surface area contributed by atoms with Crippen LogP contribution in [0.5, 0.6) is 0 Å². The van der Waals surface area contributed by atoms with Crippen LogP contribution in [0.3, 0.4) is 0 Å². The SMILES string of the molecule is N#Cc1cc(C#N)c(C#Cn2cccc2)c(C#N)c1. The maximum absolute atomic E-state index is 9.07. The highest BCUT2D eigenvalue weighted by atomic mass is 14.9. The Bertz CT molecular complexity index is 762. The zero-order chi connectivity index (χ0) is 13.7. The van der Waals surface area contributed by atoms with E-state index < -0.39 is 0 Å². The lowest BCUT2D eigenvalue weighted by atomic mass is 10.00. The first kappa shape index (κ1) is 12.0. The fourth-order valence-electron chi connectivity index (χ4n) is 1.55. The van der Waals surface area contributed by atoms with Crippen LogP contribution >= 0.6 is 0 Å². The molecule has 2 rings (SSSR count). The summed E-state index contributed by atoms with van der Waals surface area (Å²) in [6.07, 6.45) is 3.52. The lowest BCUT2D eigenvalue weighted by molar-refractivity contribution is 1.14. The van der Waals surface area contributed by atoms with Gasteiger partial charge in [0.25, 0.3) is 0 Å². The third-order valence-corrected chi connectivity index (χ3v) is 2.42. The summed E-state index contributed by atoms with van der Waals surface area (Å²) in [5.74, 6) is 2.80. The quantitative estimate of drug-likeness (QED) is 0.662. The highest BCUT2D eigenvalue weighted by Gasteiger charge is 2.08. The van der Waals surface area contributed by atoms with E-state index >= 15 is 0 Å². The highest BCUT2D eigenvalue weighted by Crippen LogP contribution is 2.15. The highest BCUT2D eigenvalue weighted by molar-refractivity contribution is 5.60. The summed E-state index contributed by atoms with van der Waals surface area (Å²) in [6, 6.07) is 15.2. The van der Waals surface area contributed by atoms with Crippen LogP contribution in [0, 0.1) is 46.0 Å². The van der Waals surface area contributed by atoms with Gasteiger partial charge in [-0.3, -0.25) is 4.57 Å². The van der Waals surface area contributed by atoms with E-state index in [-0.39, 0.29) is 16.7 Å². The Kier molecular flexibility index (Phi) is 3.31. The van der Waals surface area contributed by atoms with E-state index in [0.29, 0.717) is 5.56 Å². The van der Waals surface area contributed by atoms with Crippen molar-refractivity contribution in [3.8, 4) is 30.2 Å². The maximum atomic E-state index is 9.07. The van der Waals surface area contributed by atoms with Gasteiger partial charge < -0.3 is 0 Å². The van der Waals surface area contributed by atoms with Crippen molar-refractivity contribution in [3.63, 3.8) is 0 Å². The molecular formula is C15H6N4. The van der Waals surface area contributed by atoms with Crippen LogP contribution in [0.25, 0.3) is 0 Å². The Labute approximate surface area is 110 Å². The third kappa shape index (κ3) is 2.45. The van der Waals surface area contributed by atoms with Crippen LogP contribution in [0.4, 0.5) is 0 Å². The number of aromatic nitrogens is 1. The molecule has 0 fully saturated rings. The molecule has 1 aromatic heterocycles. The summed E-state index contributed by atoms with van der Waals surface area (Å²) in [7, 11) is 0. The Morgan fingerprint density at radius 3 is 1.89 bits per heavy atom. The normalized spacial score (nSPS) is 8.47. The summed E-state index contributed by atoms with van der Waals surface area (Å²) < 4.78 is 1.63. The van der Waals surface area contributed by atoms with Crippen LogP contribution in [-0.2, 0) is 0 Å². The number of hydrogen-bond donors (Lipinski definition) is 0. The number of benzene rings is 1. The van der Waals surface area contributed by atoms with Gasteiger partial charge in [0, 0.05) is 18.4 Å². The van der Waals surface area contributed by atoms with Crippen molar-refractivity contribution in [2.45, 2.75) is 0 Å². The molecular weight excluding hydrogens is 236 g/mol. The number of nitrogens with zero attached hydrogens (tertiary/aromatic N) is 4. The molecule has 0 bridgehead atoms. The van der Waals surface area contributed by atoms with Crippen LogP contribution in [0.1, 0.15) is 22.3 Å². The Balaban J connectivity index is 2.61. The summed E-state index contributed by atoms with van der Waals surface area (Å²) in [6.45, 7) is 0. The number of rotatable bonds is 0. The van der Waals surface area contributed by atoms with Gasteiger partial charge in [-0.05, 0) is 30.2 Å². The number of nitriles is 3. The molecule has 0 aliphatic carbocycles. The van der Waals surface area contributed by atoms with Gasteiger partial charge in [0.1, 0.15) is 12.1 Å². The fraction of sp³-hybridized carbons (Fsp3) is 0. The second-order valence-electron chi connectivity index (χ2n) is 3.61. The first-order valence-corrected chi connectivity index (χ1v) is 5.32. The maximum Gasteiger partial charge on any atom is 0.101 e. The van der Waals surface area contributed by atoms with Crippen LogP contribution in [0.2, 0.25) is 0 Å². The minimum Gasteiger partial charge on any atom is -0.284 e. The molecule has 0 radical (unpaired) electrons. The molecule has 0 amide bonds. The van der Waals surface area contributed by atoms with E-state index in [9.17, 15) is 0 Å². The van der Waals surface area contributed by atoms with Gasteiger partial charge in [-0.1, -0.05) is 0 Å². The van der Waals surface area contributed by atoms with Gasteiger partial charge in [0.05, 0.1) is 28.3 Å². The van der Waals surface area contributed by atoms with E-state index in [2.05, 4.69) is 12.0 Å². The molecule has 4 heteroatoms. The fourth-order valence-corrected chi connectivity index (χ4v) is 1.55. The summed E-state index contributed by atoms with van der Waals surface area (Å²) in [4.78, 5) is 0. The molecule has 0 spiro atoms. The molecule has 0 atom stereocenters. The first-order chi connectivity index (χ1) is 9.28. The zero-order valence-corrected chi connectivity index (χ0v) is 9.75. The van der Waals surface area contributed by atoms with Crippen LogP contribution in [-0.4, -0.2) is 4.57 Å². The zero-order valence-electron chi connectivity index (χ0n) is 9.75. The second-order valence-corrected chi connectivity index (χ2v) is 3.61. The van der Waals surface area contributed by atoms with Crippen molar-refractivity contribution >= 4 is 0 Å². The number of hydrogen-bond acceptors (Lipinski definition) is 3. The minimum absolute atomic E-state index is 0.232. The van der Waals surface area contributed by atoms with Crippen LogP contribution in [0.15, 0.2) is 36.7 Å². The van der Waals surface area contributed by atoms with Crippen molar-refractivity contribution in [1.29, 1.82) is 15.8 Å². The molecule has 0 saturated carbocycles. The van der Waals surface area contributed by atoms with E-state index in [4.69, 9.17) is 15.8 Å². The molecule has 0 saturated heterocycles. The first-order valence-electron chi connectivity index (χ1n) is 5.32. The van der Waals surface area contributed by atoms with Gasteiger partial charge in [-0.25, -0.2) is 0 Å². The van der Waals surface area contributed by atoms with Crippen molar-refractivity contribution in [1.82, 2.24) is 4.57 Å². The van der Waals surface area contributed by atoms with Crippen molar-refractivity contribution in [3.05, 3.63) is 58.9 Å². The van der Waals surface area contributed by atoms with E-state index in [1.54, 1.807) is 17.0 Å². The Morgan fingerprint density at radius 2 is 1.42 bits per heavy atom. The van der Waals surface area contributed by atoms with Gasteiger partial charge in [0.2, 0.25) is 0 Å². The Hall–Kier alpha value is -3.47. The monoisotopic (exact) mass is 242 g/mol. The molecule has 0 aliphatic rings. The lowest BCUT2D eigenvalue weighted by Gasteiger charge is -1.99. The minimum atomic E-state index is 0.232. The smallest absolute Gasteiger partial charge is 0.101 e. The standard InChI is InChI=1S/C15H6N4/c16-9-12-7-13(10-17)15(14(8-12)11-18)3-6-19-4-1-2-5-19/h1-2,4-5,7-8H. The summed E-state index contributed by atoms with van der Waals surface area (Å²) in [5, 5.41) is 27.0. The lowest BCUT2D eigenvalue weighted by Crippen LogP contribution is -1.93. The Morgan fingerprint density at radius 1 is 0.842 bits per heavy atom. The van der Waals surface area contributed by atoms with E-state index in [0.717, 1.165) is 0 Å². The van der Waals surface area contributed by atoms with Crippen LogP contribution < -0.4 is 0 Å². The molecule has 0 aliphatic heterocycles. The summed E-state index contributed by atoms with van der Waals surface area (Å²) >= 11 is 0. The van der Waals surface area contributed by atoms with Gasteiger partial charge in [-0.2, -0.15) is 15.8 Å². The van der Waals surface area contributed by atoms with Gasteiger partial charge >= 0.3 is 0 Å². The predicted octanol–water partition coefficient (Wildman–Crippen LogP) is 1.96. The molecule has 86 valence electrons. The van der Waals surface area contributed by atoms with Gasteiger partial charge in [-0.15, -0.1) is 0 Å². The molecule has 4 nitrogen and oxygen atoms in total. The van der Waals surface area contributed by atoms with Crippen molar-refractivity contribution < 1.29 is 0 Å². The predicted molar refractivity (Wildman–Crippen MR) is 67.3 cm³/mol. The van der Waals surface area contributed by atoms with Gasteiger partial charge in [0.15, 0.2) is 0 Å². The van der Waals surface area contributed by atoms with Crippen molar-refractivity contribution in [2.75, 3.05) is 0 Å². The molecule has 1 heterocycles. The average molecular weight is 242 g/mol. The van der Waals surface area contributed by atoms with Crippen molar-refractivity contribution in [2.24, 2.45) is 0 Å². The van der Waals surface area contributed by atoms with E-state index in [1.165, 1.54) is 12.1 Å². The summed E-state index contributed by atoms with van der Waals surface area (Å²) in [5.41, 5.74) is 1.09.